The van der Waals surface area contributed by atoms with Gasteiger partial charge in [-0.1, -0.05) is 37.3 Å². The number of carbonyl (C=O) groups is 1. The number of hydrogen-bond acceptors (Lipinski definition) is 6. The lowest BCUT2D eigenvalue weighted by Gasteiger charge is -2.30. The zero-order valence-corrected chi connectivity index (χ0v) is 21.0. The monoisotopic (exact) mass is 484 g/mol. The molecular formula is C30H32N2O4. The summed E-state index contributed by atoms with van der Waals surface area (Å²) in [6.07, 6.45) is 2.09. The first kappa shape index (κ1) is 23.8. The molecule has 2 unspecified atom stereocenters. The van der Waals surface area contributed by atoms with Crippen molar-refractivity contribution >= 4 is 17.2 Å². The fraction of sp³-hybridized carbons (Fsp3) is 0.300. The zero-order valence-electron chi connectivity index (χ0n) is 21.0. The molecular weight excluding hydrogens is 452 g/mol. The summed E-state index contributed by atoms with van der Waals surface area (Å²) in [5, 5.41) is 7.23. The highest BCUT2D eigenvalue weighted by Crippen LogP contribution is 2.45. The van der Waals surface area contributed by atoms with Gasteiger partial charge in [-0.2, -0.15) is 0 Å². The molecule has 2 aliphatic rings. The average Bonchev–Trinajstić information content (AvgIpc) is 3.08. The van der Waals surface area contributed by atoms with Crippen molar-refractivity contribution in [2.75, 3.05) is 31.5 Å². The summed E-state index contributed by atoms with van der Waals surface area (Å²) in [6, 6.07) is 21.7. The second kappa shape index (κ2) is 10.4. The molecule has 0 saturated carbocycles. The first-order valence-electron chi connectivity index (χ1n) is 12.4. The van der Waals surface area contributed by atoms with Crippen molar-refractivity contribution in [1.82, 2.24) is 0 Å². The first-order chi connectivity index (χ1) is 17.6. The average molecular weight is 485 g/mol. The SMILES string of the molecule is CCCOc1ccc(C2Nc3ccccc3NC3=C2C(=O)CC(c2cccc(OC)c2)C3)cc1OC. The van der Waals surface area contributed by atoms with Gasteiger partial charge in [0, 0.05) is 17.7 Å². The first-order valence-corrected chi connectivity index (χ1v) is 12.4. The fourth-order valence-corrected chi connectivity index (χ4v) is 5.07. The van der Waals surface area contributed by atoms with Crippen molar-refractivity contribution in [1.29, 1.82) is 0 Å². The molecule has 1 aliphatic heterocycles. The predicted molar refractivity (Wildman–Crippen MR) is 142 cm³/mol. The quantitative estimate of drug-likeness (QED) is 0.400. The minimum atomic E-state index is -0.316. The van der Waals surface area contributed by atoms with Crippen molar-refractivity contribution in [3.05, 3.63) is 89.1 Å². The van der Waals surface area contributed by atoms with Gasteiger partial charge in [0.2, 0.25) is 0 Å². The van der Waals surface area contributed by atoms with E-state index in [0.29, 0.717) is 24.5 Å². The molecule has 3 aromatic carbocycles. The molecule has 186 valence electrons. The largest absolute Gasteiger partial charge is 0.497 e. The minimum Gasteiger partial charge on any atom is -0.497 e. The van der Waals surface area contributed by atoms with Gasteiger partial charge in [-0.05, 0) is 66.3 Å². The van der Waals surface area contributed by atoms with E-state index in [2.05, 4.69) is 23.6 Å². The van der Waals surface area contributed by atoms with E-state index in [4.69, 9.17) is 14.2 Å². The standard InChI is InChI=1S/C30H32N2O4/c1-4-14-36-27-13-12-20(18-28(27)35-3)30-29-25(31-23-10-5-6-11-24(23)32-30)16-21(17-26(29)33)19-8-7-9-22(15-19)34-2/h5-13,15,18,21,30-32H,4,14,16-17H2,1-3H3. The molecule has 0 fully saturated rings. The van der Waals surface area contributed by atoms with Crippen molar-refractivity contribution < 1.29 is 19.0 Å². The molecule has 5 rings (SSSR count). The molecule has 1 heterocycles. The number of nitrogens with one attached hydrogen (secondary N) is 2. The van der Waals surface area contributed by atoms with Crippen LogP contribution in [0.5, 0.6) is 17.2 Å². The van der Waals surface area contributed by atoms with Crippen LogP contribution in [0.1, 0.15) is 49.3 Å². The van der Waals surface area contributed by atoms with Crippen LogP contribution >= 0.6 is 0 Å². The van der Waals surface area contributed by atoms with Gasteiger partial charge in [-0.25, -0.2) is 0 Å². The van der Waals surface area contributed by atoms with E-state index in [1.54, 1.807) is 14.2 Å². The summed E-state index contributed by atoms with van der Waals surface area (Å²) in [6.45, 7) is 2.69. The number of carbonyl (C=O) groups excluding carboxylic acids is 1. The maximum atomic E-state index is 13.8. The van der Waals surface area contributed by atoms with Gasteiger partial charge in [0.25, 0.3) is 0 Å². The van der Waals surface area contributed by atoms with Crippen LogP contribution in [0.2, 0.25) is 0 Å². The van der Waals surface area contributed by atoms with Crippen molar-refractivity contribution in [3.63, 3.8) is 0 Å². The Morgan fingerprint density at radius 2 is 1.69 bits per heavy atom. The molecule has 0 saturated heterocycles. The Morgan fingerprint density at radius 1 is 0.861 bits per heavy atom. The second-order valence-corrected chi connectivity index (χ2v) is 9.20. The van der Waals surface area contributed by atoms with Crippen LogP contribution < -0.4 is 24.8 Å². The van der Waals surface area contributed by atoms with E-state index >= 15 is 0 Å². The molecule has 2 N–H and O–H groups in total. The molecule has 3 aromatic rings. The van der Waals surface area contributed by atoms with E-state index in [1.807, 2.05) is 60.7 Å². The van der Waals surface area contributed by atoms with E-state index in [1.165, 1.54) is 0 Å². The van der Waals surface area contributed by atoms with Crippen molar-refractivity contribution in [2.45, 2.75) is 38.1 Å². The topological polar surface area (TPSA) is 68.8 Å². The maximum Gasteiger partial charge on any atom is 0.163 e. The second-order valence-electron chi connectivity index (χ2n) is 9.20. The normalized spacial score (nSPS) is 18.8. The number of para-hydroxylation sites is 2. The van der Waals surface area contributed by atoms with Gasteiger partial charge in [0.05, 0.1) is 38.2 Å². The highest BCUT2D eigenvalue weighted by molar-refractivity contribution is 6.01. The Labute approximate surface area is 212 Å². The lowest BCUT2D eigenvalue weighted by atomic mass is 9.78. The number of allylic oxidation sites excluding steroid dienone is 1. The summed E-state index contributed by atoms with van der Waals surface area (Å²) in [5.41, 5.74) is 5.70. The Kier molecular flexibility index (Phi) is 6.85. The third-order valence-corrected chi connectivity index (χ3v) is 6.86. The number of hydrogen-bond donors (Lipinski definition) is 2. The summed E-state index contributed by atoms with van der Waals surface area (Å²) in [7, 11) is 3.31. The summed E-state index contributed by atoms with van der Waals surface area (Å²) >= 11 is 0. The van der Waals surface area contributed by atoms with Crippen LogP contribution in [0.15, 0.2) is 78.0 Å². The number of ketones is 1. The zero-order chi connectivity index (χ0) is 25.1. The summed E-state index contributed by atoms with van der Waals surface area (Å²) in [5.74, 6) is 2.37. The van der Waals surface area contributed by atoms with Crippen LogP contribution in [-0.2, 0) is 4.79 Å². The molecule has 0 bridgehead atoms. The third-order valence-electron chi connectivity index (χ3n) is 6.86. The van der Waals surface area contributed by atoms with Crippen LogP contribution in [0.3, 0.4) is 0 Å². The van der Waals surface area contributed by atoms with Gasteiger partial charge >= 0.3 is 0 Å². The fourth-order valence-electron chi connectivity index (χ4n) is 5.07. The third kappa shape index (κ3) is 4.63. The summed E-state index contributed by atoms with van der Waals surface area (Å²) in [4.78, 5) is 13.8. The van der Waals surface area contributed by atoms with Crippen molar-refractivity contribution in [3.8, 4) is 17.2 Å². The number of methoxy groups -OCH3 is 2. The lowest BCUT2D eigenvalue weighted by Crippen LogP contribution is -2.27. The molecule has 1 aliphatic carbocycles. The molecule has 6 nitrogen and oxygen atoms in total. The van der Waals surface area contributed by atoms with Crippen molar-refractivity contribution in [2.24, 2.45) is 0 Å². The maximum absolute atomic E-state index is 13.8. The smallest absolute Gasteiger partial charge is 0.163 e. The number of fused-ring (bicyclic) bond motifs is 1. The van der Waals surface area contributed by atoms with E-state index in [0.717, 1.165) is 52.4 Å². The molecule has 0 spiro atoms. The van der Waals surface area contributed by atoms with E-state index in [-0.39, 0.29) is 17.7 Å². The van der Waals surface area contributed by atoms with Crippen LogP contribution in [-0.4, -0.2) is 26.6 Å². The minimum absolute atomic E-state index is 0.0733. The number of rotatable bonds is 7. The van der Waals surface area contributed by atoms with Gasteiger partial charge in [0.15, 0.2) is 17.3 Å². The summed E-state index contributed by atoms with van der Waals surface area (Å²) < 4.78 is 16.9. The molecule has 2 atom stereocenters. The van der Waals surface area contributed by atoms with Gasteiger partial charge in [-0.15, -0.1) is 0 Å². The van der Waals surface area contributed by atoms with E-state index in [9.17, 15) is 4.79 Å². The highest BCUT2D eigenvalue weighted by atomic mass is 16.5. The van der Waals surface area contributed by atoms with Crippen LogP contribution in [0, 0.1) is 0 Å². The van der Waals surface area contributed by atoms with Crippen LogP contribution in [0.4, 0.5) is 11.4 Å². The Morgan fingerprint density at radius 3 is 2.47 bits per heavy atom. The van der Waals surface area contributed by atoms with Gasteiger partial charge < -0.3 is 24.8 Å². The number of Topliss-reactive ketones (excluding diaryl/α,β-unsaturated/α-hetero) is 1. The molecule has 36 heavy (non-hydrogen) atoms. The Bertz CT molecular complexity index is 1300. The Balaban J connectivity index is 1.57. The molecule has 0 amide bonds. The predicted octanol–water partition coefficient (Wildman–Crippen LogP) is 6.47. The van der Waals surface area contributed by atoms with Gasteiger partial charge in [0.1, 0.15) is 5.75 Å². The number of benzene rings is 3. The Hall–Kier alpha value is -3.93. The highest BCUT2D eigenvalue weighted by Gasteiger charge is 2.36. The van der Waals surface area contributed by atoms with E-state index < -0.39 is 0 Å². The lowest BCUT2D eigenvalue weighted by molar-refractivity contribution is -0.116. The number of ether oxygens (including phenoxy) is 3. The van der Waals surface area contributed by atoms with Crippen LogP contribution in [0.25, 0.3) is 0 Å². The molecule has 6 heteroatoms. The van der Waals surface area contributed by atoms with Gasteiger partial charge in [-0.3, -0.25) is 4.79 Å². The number of anilines is 2. The molecule has 0 aromatic heterocycles. The molecule has 0 radical (unpaired) electrons.